The van der Waals surface area contributed by atoms with Crippen LogP contribution in [0, 0.1) is 12.7 Å². The molecule has 11 nitrogen and oxygen atoms in total. The number of pyridine rings is 1. The van der Waals surface area contributed by atoms with Gasteiger partial charge in [0.1, 0.15) is 35.2 Å². The van der Waals surface area contributed by atoms with E-state index in [1.165, 1.54) is 12.7 Å². The van der Waals surface area contributed by atoms with Crippen LogP contribution in [0.4, 0.5) is 21.8 Å². The number of nitrogens with one attached hydrogen (secondary N) is 2. The van der Waals surface area contributed by atoms with Crippen molar-refractivity contribution in [2.75, 3.05) is 23.3 Å². The second-order valence-electron chi connectivity index (χ2n) is 9.01. The lowest BCUT2D eigenvalue weighted by Gasteiger charge is -2.38. The number of anilines is 3. The molecule has 1 fully saturated rings. The Kier molecular flexibility index (Phi) is 5.72. The number of piperazine rings is 1. The molecule has 0 saturated carbocycles. The molecular weight excluding hydrogens is 475 g/mol. The minimum Gasteiger partial charge on any atom is -0.457 e. The molecule has 2 N–H and O–H groups in total. The number of nitrogens with zero attached hydrogens (tertiary/aromatic N) is 8. The van der Waals surface area contributed by atoms with Crippen molar-refractivity contribution in [1.29, 1.82) is 0 Å². The molecule has 0 aliphatic carbocycles. The van der Waals surface area contributed by atoms with E-state index in [0.717, 1.165) is 13.1 Å². The maximum atomic E-state index is 15.5. The summed E-state index contributed by atoms with van der Waals surface area (Å²) in [7, 11) is 0. The molecule has 2 atom stereocenters. The first-order valence-corrected chi connectivity index (χ1v) is 12.0. The molecule has 1 aliphatic rings. The molecule has 0 amide bonds. The van der Waals surface area contributed by atoms with Crippen LogP contribution in [0.15, 0.2) is 49.3 Å². The van der Waals surface area contributed by atoms with E-state index in [9.17, 15) is 0 Å². The van der Waals surface area contributed by atoms with E-state index in [2.05, 4.69) is 54.4 Å². The van der Waals surface area contributed by atoms with Crippen molar-refractivity contribution in [2.24, 2.45) is 0 Å². The lowest BCUT2D eigenvalue weighted by atomic mass is 10.1. The third-order valence-electron chi connectivity index (χ3n) is 6.73. The Morgan fingerprint density at radius 2 is 2.00 bits per heavy atom. The molecule has 1 aliphatic heterocycles. The highest BCUT2D eigenvalue weighted by Crippen LogP contribution is 2.33. The van der Waals surface area contributed by atoms with Gasteiger partial charge in [-0.25, -0.2) is 33.8 Å². The molecule has 188 valence electrons. The van der Waals surface area contributed by atoms with Gasteiger partial charge < -0.3 is 20.3 Å². The molecule has 0 radical (unpaired) electrons. The SMILES string of the molecule is Cc1c(Oc2ccn3ncnc3c2)ccc(Nc2ncnc3cnc(N4CCNC(C)C4C)nc23)c1F. The normalized spacial score (nSPS) is 17.9. The van der Waals surface area contributed by atoms with E-state index in [1.54, 1.807) is 48.1 Å². The molecule has 0 bridgehead atoms. The zero-order chi connectivity index (χ0) is 25.5. The zero-order valence-corrected chi connectivity index (χ0v) is 20.6. The first kappa shape index (κ1) is 23.0. The molecule has 2 unspecified atom stereocenters. The van der Waals surface area contributed by atoms with E-state index < -0.39 is 5.82 Å². The van der Waals surface area contributed by atoms with Gasteiger partial charge in [-0.1, -0.05) is 0 Å². The van der Waals surface area contributed by atoms with Crippen LogP contribution in [0.5, 0.6) is 11.5 Å². The highest BCUT2D eigenvalue weighted by molar-refractivity contribution is 5.87. The van der Waals surface area contributed by atoms with Crippen LogP contribution < -0.4 is 20.3 Å². The summed E-state index contributed by atoms with van der Waals surface area (Å²) in [5.74, 6) is 1.47. The second kappa shape index (κ2) is 9.21. The van der Waals surface area contributed by atoms with Crippen molar-refractivity contribution in [1.82, 2.24) is 39.9 Å². The number of ether oxygens (including phenoxy) is 1. The topological polar surface area (TPSA) is 118 Å². The summed E-state index contributed by atoms with van der Waals surface area (Å²) in [6.45, 7) is 7.56. The van der Waals surface area contributed by atoms with Crippen molar-refractivity contribution in [3.63, 3.8) is 0 Å². The van der Waals surface area contributed by atoms with Gasteiger partial charge >= 0.3 is 0 Å². The molecular formula is C25H25FN10O. The van der Waals surface area contributed by atoms with Crippen molar-refractivity contribution >= 4 is 34.1 Å². The van der Waals surface area contributed by atoms with Gasteiger partial charge in [-0.3, -0.25) is 0 Å². The highest BCUT2D eigenvalue weighted by atomic mass is 19.1. The predicted molar refractivity (Wildman–Crippen MR) is 137 cm³/mol. The predicted octanol–water partition coefficient (Wildman–Crippen LogP) is 3.63. The fourth-order valence-electron chi connectivity index (χ4n) is 4.40. The van der Waals surface area contributed by atoms with Gasteiger partial charge in [0, 0.05) is 43.0 Å². The third-order valence-corrected chi connectivity index (χ3v) is 6.73. The van der Waals surface area contributed by atoms with Crippen LogP contribution in [-0.2, 0) is 0 Å². The van der Waals surface area contributed by atoms with E-state index in [1.807, 2.05) is 0 Å². The minimum absolute atomic E-state index is 0.213. The molecule has 12 heteroatoms. The summed E-state index contributed by atoms with van der Waals surface area (Å²) in [6.07, 6.45) is 6.28. The van der Waals surface area contributed by atoms with Gasteiger partial charge in [0.05, 0.1) is 11.9 Å². The fourth-order valence-corrected chi connectivity index (χ4v) is 4.40. The van der Waals surface area contributed by atoms with Gasteiger partial charge in [-0.05, 0) is 39.0 Å². The standard InChI is InChI=1S/C25H25FN10O/c1-14-20(37-17-6-8-36-21(10-17)30-13-32-36)5-4-18(22(14)26)33-24-23-19(29-12-31-24)11-28-25(34-23)35-9-7-27-15(2)16(35)3/h4-6,8,10-13,15-16,27H,7,9H2,1-3H3,(H,29,31,33). The Hall–Kier alpha value is -4.45. The zero-order valence-electron chi connectivity index (χ0n) is 20.6. The van der Waals surface area contributed by atoms with Crippen LogP contribution >= 0.6 is 0 Å². The summed E-state index contributed by atoms with van der Waals surface area (Å²) < 4.78 is 23.0. The molecule has 0 spiro atoms. The smallest absolute Gasteiger partial charge is 0.226 e. The molecule has 37 heavy (non-hydrogen) atoms. The Balaban J connectivity index is 1.29. The van der Waals surface area contributed by atoms with Crippen molar-refractivity contribution in [2.45, 2.75) is 32.9 Å². The number of hydrogen-bond acceptors (Lipinski definition) is 10. The van der Waals surface area contributed by atoms with Gasteiger partial charge in [-0.2, -0.15) is 5.10 Å². The lowest BCUT2D eigenvalue weighted by Crippen LogP contribution is -2.56. The summed E-state index contributed by atoms with van der Waals surface area (Å²) in [5, 5.41) is 10.6. The van der Waals surface area contributed by atoms with Gasteiger partial charge in [0.2, 0.25) is 5.95 Å². The molecule has 6 rings (SSSR count). The van der Waals surface area contributed by atoms with E-state index in [4.69, 9.17) is 9.72 Å². The van der Waals surface area contributed by atoms with Crippen LogP contribution in [0.2, 0.25) is 0 Å². The monoisotopic (exact) mass is 500 g/mol. The first-order chi connectivity index (χ1) is 18.0. The van der Waals surface area contributed by atoms with Crippen LogP contribution in [-0.4, -0.2) is 59.7 Å². The summed E-state index contributed by atoms with van der Waals surface area (Å²) in [4.78, 5) is 24.2. The van der Waals surface area contributed by atoms with Gasteiger partial charge in [-0.15, -0.1) is 0 Å². The molecule has 5 heterocycles. The molecule has 5 aromatic rings. The summed E-state index contributed by atoms with van der Waals surface area (Å²) in [5.41, 5.74) is 2.32. The van der Waals surface area contributed by atoms with Crippen molar-refractivity contribution in [3.8, 4) is 11.5 Å². The number of benzene rings is 1. The van der Waals surface area contributed by atoms with Gasteiger partial charge in [0.15, 0.2) is 17.3 Å². The quantitative estimate of drug-likeness (QED) is 0.370. The largest absolute Gasteiger partial charge is 0.457 e. The molecule has 1 aromatic carbocycles. The molecule has 1 saturated heterocycles. The second-order valence-corrected chi connectivity index (χ2v) is 9.01. The highest BCUT2D eigenvalue weighted by Gasteiger charge is 2.26. The Labute approximate surface area is 211 Å². The number of halogens is 1. The van der Waals surface area contributed by atoms with E-state index >= 15 is 4.39 Å². The lowest BCUT2D eigenvalue weighted by molar-refractivity contribution is 0.399. The maximum Gasteiger partial charge on any atom is 0.226 e. The van der Waals surface area contributed by atoms with Crippen molar-refractivity contribution in [3.05, 3.63) is 60.7 Å². The van der Waals surface area contributed by atoms with Crippen molar-refractivity contribution < 1.29 is 9.13 Å². The fraction of sp³-hybridized carbons (Fsp3) is 0.280. The Morgan fingerprint density at radius 1 is 1.11 bits per heavy atom. The number of aromatic nitrogens is 7. The Morgan fingerprint density at radius 3 is 2.89 bits per heavy atom. The minimum atomic E-state index is -0.452. The summed E-state index contributed by atoms with van der Waals surface area (Å²) >= 11 is 0. The summed E-state index contributed by atoms with van der Waals surface area (Å²) in [6, 6.07) is 7.32. The van der Waals surface area contributed by atoms with E-state index in [-0.39, 0.29) is 11.7 Å². The maximum absolute atomic E-state index is 15.5. The average Bonchev–Trinajstić information content (AvgIpc) is 3.38. The first-order valence-electron chi connectivity index (χ1n) is 12.0. The van der Waals surface area contributed by atoms with E-state index in [0.29, 0.717) is 51.6 Å². The van der Waals surface area contributed by atoms with Crippen LogP contribution in [0.25, 0.3) is 16.7 Å². The average molecular weight is 501 g/mol. The third kappa shape index (κ3) is 4.25. The Bertz CT molecular complexity index is 1610. The number of fused-ring (bicyclic) bond motifs is 2. The van der Waals surface area contributed by atoms with Crippen LogP contribution in [0.1, 0.15) is 19.4 Å². The van der Waals surface area contributed by atoms with Gasteiger partial charge in [0.25, 0.3) is 0 Å². The van der Waals surface area contributed by atoms with Crippen LogP contribution in [0.3, 0.4) is 0 Å². The number of hydrogen-bond donors (Lipinski definition) is 2. The molecule has 4 aromatic heterocycles. The number of rotatable bonds is 5.